The van der Waals surface area contributed by atoms with Crippen LogP contribution in [0.15, 0.2) is 170 Å². The number of benzene rings is 7. The third-order valence-corrected chi connectivity index (χ3v) is 10.0. The van der Waals surface area contributed by atoms with Crippen LogP contribution in [0.4, 0.5) is 17.1 Å². The van der Waals surface area contributed by atoms with E-state index in [1.54, 1.807) is 11.3 Å². The van der Waals surface area contributed by atoms with Gasteiger partial charge in [-0.1, -0.05) is 109 Å². The number of para-hydroxylation sites is 1. The van der Waals surface area contributed by atoms with Crippen LogP contribution < -0.4 is 4.90 Å². The number of thiophene rings is 1. The molecule has 3 heteroatoms. The van der Waals surface area contributed by atoms with Gasteiger partial charge in [0.1, 0.15) is 4.83 Å². The maximum absolute atomic E-state index is 4.70. The van der Waals surface area contributed by atoms with Crippen molar-refractivity contribution in [3.8, 4) is 22.3 Å². The van der Waals surface area contributed by atoms with Crippen LogP contribution >= 0.6 is 11.3 Å². The predicted octanol–water partition coefficient (Wildman–Crippen LogP) is 12.6. The minimum Gasteiger partial charge on any atom is -0.311 e. The lowest BCUT2D eigenvalue weighted by Gasteiger charge is -2.26. The summed E-state index contributed by atoms with van der Waals surface area (Å²) in [5, 5.41) is 7.60. The van der Waals surface area contributed by atoms with E-state index in [2.05, 4.69) is 169 Å². The maximum atomic E-state index is 4.70. The van der Waals surface area contributed by atoms with E-state index in [1.165, 1.54) is 59.3 Å². The Bertz CT molecular complexity index is 2510. The number of anilines is 3. The van der Waals surface area contributed by atoms with Gasteiger partial charge >= 0.3 is 0 Å². The standard InChI is InChI=1S/C43H28N2S/c1-2-11-32(12-3-1)45(33-22-18-29(19-23-33)36-26-27-44-43-42(36)39-16-8-9-17-41(39)46-43)34-24-20-30(21-25-34)40-28-31-10-4-5-13-35(31)37-14-6-7-15-38(37)40/h1-28H. The predicted molar refractivity (Wildman–Crippen MR) is 198 cm³/mol. The Kier molecular flexibility index (Phi) is 6.36. The van der Waals surface area contributed by atoms with Crippen LogP contribution in [0, 0.1) is 0 Å². The summed E-state index contributed by atoms with van der Waals surface area (Å²) in [5.41, 5.74) is 8.20. The van der Waals surface area contributed by atoms with Crippen molar-refractivity contribution in [3.63, 3.8) is 0 Å². The van der Waals surface area contributed by atoms with Gasteiger partial charge in [-0.15, -0.1) is 11.3 Å². The number of hydrogen-bond acceptors (Lipinski definition) is 3. The van der Waals surface area contributed by atoms with E-state index in [-0.39, 0.29) is 0 Å². The van der Waals surface area contributed by atoms with Gasteiger partial charge in [-0.2, -0.15) is 0 Å². The van der Waals surface area contributed by atoms with Gasteiger partial charge < -0.3 is 4.90 Å². The fourth-order valence-corrected chi connectivity index (χ4v) is 7.86. The molecule has 7 aromatic carbocycles. The summed E-state index contributed by atoms with van der Waals surface area (Å²) in [4.78, 5) is 8.10. The van der Waals surface area contributed by atoms with Gasteiger partial charge in [-0.25, -0.2) is 4.98 Å². The van der Waals surface area contributed by atoms with E-state index in [1.807, 2.05) is 6.20 Å². The average molecular weight is 605 g/mol. The third kappa shape index (κ3) is 4.44. The van der Waals surface area contributed by atoms with Crippen LogP contribution in [0.5, 0.6) is 0 Å². The largest absolute Gasteiger partial charge is 0.311 e. The molecule has 2 heterocycles. The first kappa shape index (κ1) is 26.6. The third-order valence-electron chi connectivity index (χ3n) is 8.93. The van der Waals surface area contributed by atoms with Crippen LogP contribution in [0.2, 0.25) is 0 Å². The van der Waals surface area contributed by atoms with Crippen molar-refractivity contribution in [2.75, 3.05) is 4.90 Å². The summed E-state index contributed by atoms with van der Waals surface area (Å²) in [5.74, 6) is 0. The number of nitrogens with zero attached hydrogens (tertiary/aromatic N) is 2. The average Bonchev–Trinajstić information content (AvgIpc) is 3.52. The first-order chi connectivity index (χ1) is 22.8. The highest BCUT2D eigenvalue weighted by molar-refractivity contribution is 7.25. The van der Waals surface area contributed by atoms with Crippen molar-refractivity contribution < 1.29 is 0 Å². The highest BCUT2D eigenvalue weighted by Crippen LogP contribution is 2.41. The van der Waals surface area contributed by atoms with Gasteiger partial charge in [-0.3, -0.25) is 0 Å². The highest BCUT2D eigenvalue weighted by atomic mass is 32.1. The molecule has 0 fully saturated rings. The molecule has 0 amide bonds. The molecule has 0 saturated carbocycles. The molecule has 0 bridgehead atoms. The van der Waals surface area contributed by atoms with Crippen LogP contribution in [0.3, 0.4) is 0 Å². The summed E-state index contributed by atoms with van der Waals surface area (Å²) in [6, 6.07) is 59.0. The van der Waals surface area contributed by atoms with Gasteiger partial charge in [0.05, 0.1) is 0 Å². The molecule has 0 radical (unpaired) electrons. The summed E-state index contributed by atoms with van der Waals surface area (Å²) < 4.78 is 1.27. The molecule has 0 aliphatic rings. The topological polar surface area (TPSA) is 16.1 Å². The maximum Gasteiger partial charge on any atom is 0.125 e. The molecular weight excluding hydrogens is 577 g/mol. The lowest BCUT2D eigenvalue weighted by molar-refractivity contribution is 1.28. The molecule has 0 aliphatic carbocycles. The zero-order valence-electron chi connectivity index (χ0n) is 25.0. The van der Waals surface area contributed by atoms with Crippen LogP contribution in [0.25, 0.3) is 64.1 Å². The van der Waals surface area contributed by atoms with Gasteiger partial charge in [0.15, 0.2) is 0 Å². The number of fused-ring (bicyclic) bond motifs is 6. The van der Waals surface area contributed by atoms with E-state index in [0.717, 1.165) is 21.9 Å². The Morgan fingerprint density at radius 2 is 1.00 bits per heavy atom. The van der Waals surface area contributed by atoms with E-state index in [9.17, 15) is 0 Å². The zero-order chi connectivity index (χ0) is 30.5. The molecule has 216 valence electrons. The molecule has 46 heavy (non-hydrogen) atoms. The summed E-state index contributed by atoms with van der Waals surface area (Å²) >= 11 is 1.75. The van der Waals surface area contributed by atoms with Crippen molar-refractivity contribution in [2.45, 2.75) is 0 Å². The van der Waals surface area contributed by atoms with Crippen LogP contribution in [-0.2, 0) is 0 Å². The van der Waals surface area contributed by atoms with Crippen molar-refractivity contribution in [2.24, 2.45) is 0 Å². The van der Waals surface area contributed by atoms with Gasteiger partial charge in [0.2, 0.25) is 0 Å². The van der Waals surface area contributed by atoms with E-state index in [0.29, 0.717) is 0 Å². The molecule has 9 aromatic rings. The summed E-state index contributed by atoms with van der Waals surface area (Å²) in [6.45, 7) is 0. The Morgan fingerprint density at radius 1 is 0.435 bits per heavy atom. The van der Waals surface area contributed by atoms with Crippen LogP contribution in [0.1, 0.15) is 0 Å². The normalized spacial score (nSPS) is 11.5. The van der Waals surface area contributed by atoms with Crippen LogP contribution in [-0.4, -0.2) is 4.98 Å². The van der Waals surface area contributed by atoms with Gasteiger partial charge in [0, 0.05) is 38.7 Å². The molecule has 0 unspecified atom stereocenters. The number of pyridine rings is 1. The first-order valence-electron chi connectivity index (χ1n) is 15.5. The van der Waals surface area contributed by atoms with E-state index < -0.39 is 0 Å². The van der Waals surface area contributed by atoms with Gasteiger partial charge in [0.25, 0.3) is 0 Å². The Balaban J connectivity index is 1.13. The molecular formula is C43H28N2S. The SMILES string of the molecule is c1ccc(N(c2ccc(-c3cc4ccccc4c4ccccc34)cc2)c2ccc(-c3ccnc4sc5ccccc5c34)cc2)cc1. The fourth-order valence-electron chi connectivity index (χ4n) is 6.78. The zero-order valence-corrected chi connectivity index (χ0v) is 25.8. The lowest BCUT2D eigenvalue weighted by Crippen LogP contribution is -2.09. The van der Waals surface area contributed by atoms with Crippen molar-refractivity contribution in [3.05, 3.63) is 170 Å². The molecule has 0 aliphatic heterocycles. The molecule has 2 aromatic heterocycles. The van der Waals surface area contributed by atoms with E-state index in [4.69, 9.17) is 4.98 Å². The summed E-state index contributed by atoms with van der Waals surface area (Å²) in [6.07, 6.45) is 1.93. The molecule has 0 atom stereocenters. The summed E-state index contributed by atoms with van der Waals surface area (Å²) in [7, 11) is 0. The molecule has 9 rings (SSSR count). The second kappa shape index (κ2) is 11.0. The number of aromatic nitrogens is 1. The smallest absolute Gasteiger partial charge is 0.125 e. The fraction of sp³-hybridized carbons (Fsp3) is 0. The lowest BCUT2D eigenvalue weighted by atomic mass is 9.93. The van der Waals surface area contributed by atoms with Crippen molar-refractivity contribution >= 4 is 70.2 Å². The number of rotatable bonds is 5. The Labute approximate surface area is 271 Å². The van der Waals surface area contributed by atoms with Gasteiger partial charge in [-0.05, 0) is 98.4 Å². The Hall–Kier alpha value is -5.77. The molecule has 2 nitrogen and oxygen atoms in total. The second-order valence-electron chi connectivity index (χ2n) is 11.6. The van der Waals surface area contributed by atoms with Crippen molar-refractivity contribution in [1.82, 2.24) is 4.98 Å². The minimum atomic E-state index is 1.08. The van der Waals surface area contributed by atoms with E-state index >= 15 is 0 Å². The quantitative estimate of drug-likeness (QED) is 0.182. The number of hydrogen-bond donors (Lipinski definition) is 0. The second-order valence-corrected chi connectivity index (χ2v) is 12.6. The Morgan fingerprint density at radius 3 is 1.74 bits per heavy atom. The monoisotopic (exact) mass is 604 g/mol. The first-order valence-corrected chi connectivity index (χ1v) is 16.4. The minimum absolute atomic E-state index is 1.08. The molecule has 0 N–H and O–H groups in total. The molecule has 0 saturated heterocycles. The molecule has 0 spiro atoms. The van der Waals surface area contributed by atoms with Crippen molar-refractivity contribution in [1.29, 1.82) is 0 Å². The highest BCUT2D eigenvalue weighted by Gasteiger charge is 2.16.